The van der Waals surface area contributed by atoms with E-state index in [0.717, 1.165) is 0 Å². The third-order valence-electron chi connectivity index (χ3n) is 3.04. The van der Waals surface area contributed by atoms with Crippen LogP contribution in [0.15, 0.2) is 22.7 Å². The summed E-state index contributed by atoms with van der Waals surface area (Å²) < 4.78 is 13.7. The molecule has 3 N–H and O–H groups in total. The van der Waals surface area contributed by atoms with Crippen LogP contribution in [-0.4, -0.2) is 23.3 Å². The van der Waals surface area contributed by atoms with E-state index in [0.29, 0.717) is 23.0 Å². The maximum atomic E-state index is 13.1. The fraction of sp³-hybridized carbons (Fsp3) is 0.462. The Kier molecular flexibility index (Phi) is 5.75. The standard InChI is InChI=1S/C13H18BrFN2O2/c1-3-13(2,6-7-18)17-12(19)16-11-8-9(15)4-5-10(11)14/h4-5,8,18H,3,6-7H2,1-2H3,(H2,16,17,19). The Hall–Kier alpha value is -1.14. The average molecular weight is 333 g/mol. The van der Waals surface area contributed by atoms with Gasteiger partial charge in [-0.05, 0) is 53.9 Å². The first-order valence-electron chi connectivity index (χ1n) is 6.05. The highest BCUT2D eigenvalue weighted by molar-refractivity contribution is 9.10. The molecule has 1 aromatic rings. The topological polar surface area (TPSA) is 61.4 Å². The predicted molar refractivity (Wildman–Crippen MR) is 76.7 cm³/mol. The Morgan fingerprint density at radius 3 is 2.79 bits per heavy atom. The summed E-state index contributed by atoms with van der Waals surface area (Å²) in [5.74, 6) is -0.424. The monoisotopic (exact) mass is 332 g/mol. The van der Waals surface area contributed by atoms with Gasteiger partial charge in [-0.25, -0.2) is 9.18 Å². The summed E-state index contributed by atoms with van der Waals surface area (Å²) in [6, 6.07) is 3.63. The first-order valence-corrected chi connectivity index (χ1v) is 6.84. The molecule has 0 aliphatic carbocycles. The SMILES string of the molecule is CCC(C)(CCO)NC(=O)Nc1cc(F)ccc1Br. The molecule has 0 fully saturated rings. The van der Waals surface area contributed by atoms with Gasteiger partial charge in [0.2, 0.25) is 0 Å². The normalized spacial score (nSPS) is 13.7. The molecule has 106 valence electrons. The maximum absolute atomic E-state index is 13.1. The number of rotatable bonds is 5. The largest absolute Gasteiger partial charge is 0.396 e. The smallest absolute Gasteiger partial charge is 0.319 e. The van der Waals surface area contributed by atoms with Crippen molar-refractivity contribution in [3.63, 3.8) is 0 Å². The minimum absolute atomic E-state index is 0.00568. The Morgan fingerprint density at radius 2 is 2.21 bits per heavy atom. The molecule has 0 radical (unpaired) electrons. The van der Waals surface area contributed by atoms with Crippen molar-refractivity contribution in [2.45, 2.75) is 32.2 Å². The zero-order valence-electron chi connectivity index (χ0n) is 11.0. The molecule has 0 bridgehead atoms. The lowest BCUT2D eigenvalue weighted by Gasteiger charge is -2.29. The van der Waals surface area contributed by atoms with E-state index in [4.69, 9.17) is 5.11 Å². The lowest BCUT2D eigenvalue weighted by Crippen LogP contribution is -2.48. The minimum atomic E-state index is -0.487. The number of aliphatic hydroxyl groups is 1. The number of benzene rings is 1. The van der Waals surface area contributed by atoms with E-state index < -0.39 is 17.4 Å². The van der Waals surface area contributed by atoms with Gasteiger partial charge in [0.25, 0.3) is 0 Å². The molecule has 0 saturated carbocycles. The highest BCUT2D eigenvalue weighted by atomic mass is 79.9. The zero-order valence-corrected chi connectivity index (χ0v) is 12.6. The second kappa shape index (κ2) is 6.86. The Labute approximate surface area is 120 Å². The number of nitrogens with one attached hydrogen (secondary N) is 2. The molecule has 1 rings (SSSR count). The maximum Gasteiger partial charge on any atom is 0.319 e. The van der Waals surface area contributed by atoms with E-state index >= 15 is 0 Å². The van der Waals surface area contributed by atoms with Crippen molar-refractivity contribution in [1.29, 1.82) is 0 Å². The summed E-state index contributed by atoms with van der Waals surface area (Å²) in [7, 11) is 0. The van der Waals surface area contributed by atoms with Crippen molar-refractivity contribution in [2.24, 2.45) is 0 Å². The number of hydrogen-bond acceptors (Lipinski definition) is 2. The van der Waals surface area contributed by atoms with Gasteiger partial charge in [0, 0.05) is 16.6 Å². The van der Waals surface area contributed by atoms with E-state index in [1.807, 2.05) is 13.8 Å². The molecule has 1 aromatic carbocycles. The number of carbonyl (C=O) groups is 1. The highest BCUT2D eigenvalue weighted by Crippen LogP contribution is 2.23. The number of urea groups is 1. The fourth-order valence-electron chi connectivity index (χ4n) is 1.60. The molecule has 1 atom stereocenters. The molecule has 0 aromatic heterocycles. The zero-order chi connectivity index (χ0) is 14.5. The van der Waals surface area contributed by atoms with Crippen LogP contribution in [0.5, 0.6) is 0 Å². The van der Waals surface area contributed by atoms with Crippen molar-refractivity contribution in [1.82, 2.24) is 5.32 Å². The van der Waals surface area contributed by atoms with Crippen molar-refractivity contribution in [2.75, 3.05) is 11.9 Å². The molecule has 0 aliphatic rings. The molecule has 6 heteroatoms. The van der Waals surface area contributed by atoms with Gasteiger partial charge in [0.15, 0.2) is 0 Å². The van der Waals surface area contributed by atoms with Crippen LogP contribution in [-0.2, 0) is 0 Å². The third-order valence-corrected chi connectivity index (χ3v) is 3.73. The molecule has 1 unspecified atom stereocenters. The van der Waals surface area contributed by atoms with Crippen LogP contribution in [0.25, 0.3) is 0 Å². The van der Waals surface area contributed by atoms with Gasteiger partial charge < -0.3 is 15.7 Å². The number of aliphatic hydroxyl groups excluding tert-OH is 1. The molecular formula is C13H18BrFN2O2. The lowest BCUT2D eigenvalue weighted by molar-refractivity contribution is 0.208. The van der Waals surface area contributed by atoms with Gasteiger partial charge in [0.1, 0.15) is 5.82 Å². The second-order valence-corrected chi connectivity index (χ2v) is 5.45. The molecule has 0 aliphatic heterocycles. The van der Waals surface area contributed by atoms with E-state index in [2.05, 4.69) is 26.6 Å². The molecule has 4 nitrogen and oxygen atoms in total. The van der Waals surface area contributed by atoms with Crippen molar-refractivity contribution >= 4 is 27.6 Å². The van der Waals surface area contributed by atoms with Gasteiger partial charge in [-0.3, -0.25) is 0 Å². The number of hydrogen-bond donors (Lipinski definition) is 3. The van der Waals surface area contributed by atoms with Crippen LogP contribution >= 0.6 is 15.9 Å². The number of halogens is 2. The van der Waals surface area contributed by atoms with Gasteiger partial charge in [-0.1, -0.05) is 6.92 Å². The molecular weight excluding hydrogens is 315 g/mol. The van der Waals surface area contributed by atoms with Crippen LogP contribution in [0, 0.1) is 5.82 Å². The van der Waals surface area contributed by atoms with Gasteiger partial charge in [-0.2, -0.15) is 0 Å². The number of amides is 2. The molecule has 2 amide bonds. The summed E-state index contributed by atoms with van der Waals surface area (Å²) in [6.45, 7) is 3.77. The Morgan fingerprint density at radius 1 is 1.53 bits per heavy atom. The molecule has 0 spiro atoms. The van der Waals surface area contributed by atoms with Gasteiger partial charge in [0.05, 0.1) is 5.69 Å². The number of anilines is 1. The van der Waals surface area contributed by atoms with Crippen LogP contribution in [0.1, 0.15) is 26.7 Å². The Balaban J connectivity index is 2.72. The average Bonchev–Trinajstić information content (AvgIpc) is 2.34. The summed E-state index contributed by atoms with van der Waals surface area (Å²) >= 11 is 3.24. The van der Waals surface area contributed by atoms with Crippen molar-refractivity contribution in [3.8, 4) is 0 Å². The predicted octanol–water partition coefficient (Wildman–Crippen LogP) is 3.26. The highest BCUT2D eigenvalue weighted by Gasteiger charge is 2.23. The summed E-state index contributed by atoms with van der Waals surface area (Å²) in [4.78, 5) is 11.9. The first-order chi connectivity index (χ1) is 8.90. The van der Waals surface area contributed by atoms with Crippen LogP contribution in [0.2, 0.25) is 0 Å². The van der Waals surface area contributed by atoms with E-state index in [1.54, 1.807) is 0 Å². The molecule has 0 saturated heterocycles. The van der Waals surface area contributed by atoms with Crippen LogP contribution in [0.3, 0.4) is 0 Å². The minimum Gasteiger partial charge on any atom is -0.396 e. The van der Waals surface area contributed by atoms with E-state index in [9.17, 15) is 9.18 Å². The quantitative estimate of drug-likeness (QED) is 0.775. The summed E-state index contributed by atoms with van der Waals surface area (Å²) in [5.41, 5.74) is -0.126. The van der Waals surface area contributed by atoms with Crippen molar-refractivity contribution < 1.29 is 14.3 Å². The first kappa shape index (κ1) is 15.9. The van der Waals surface area contributed by atoms with Crippen LogP contribution < -0.4 is 10.6 Å². The fourth-order valence-corrected chi connectivity index (χ4v) is 1.94. The third kappa shape index (κ3) is 4.80. The van der Waals surface area contributed by atoms with E-state index in [1.165, 1.54) is 18.2 Å². The summed E-state index contributed by atoms with van der Waals surface area (Å²) in [6.07, 6.45) is 1.15. The van der Waals surface area contributed by atoms with Gasteiger partial charge >= 0.3 is 6.03 Å². The second-order valence-electron chi connectivity index (χ2n) is 4.59. The summed E-state index contributed by atoms with van der Waals surface area (Å²) in [5, 5.41) is 14.4. The molecule has 0 heterocycles. The lowest BCUT2D eigenvalue weighted by atomic mass is 9.95. The number of carbonyl (C=O) groups excluding carboxylic acids is 1. The van der Waals surface area contributed by atoms with Gasteiger partial charge in [-0.15, -0.1) is 0 Å². The Bertz CT molecular complexity index is 456. The van der Waals surface area contributed by atoms with E-state index in [-0.39, 0.29) is 6.61 Å². The van der Waals surface area contributed by atoms with Crippen molar-refractivity contribution in [3.05, 3.63) is 28.5 Å². The molecule has 19 heavy (non-hydrogen) atoms. The van der Waals surface area contributed by atoms with Crippen LogP contribution in [0.4, 0.5) is 14.9 Å².